The molecule has 7 heteroatoms. The molecule has 1 aromatic carbocycles. The Hall–Kier alpha value is -1.21. The molecular formula is C16H22F3NO2S. The topological polar surface area (TPSA) is 63.3 Å². The fraction of sp³-hybridized carbons (Fsp3) is 0.562. The van der Waals surface area contributed by atoms with Crippen molar-refractivity contribution in [3.05, 3.63) is 30.3 Å². The molecule has 0 aromatic heterocycles. The van der Waals surface area contributed by atoms with Crippen molar-refractivity contribution in [2.75, 3.05) is 12.3 Å². The summed E-state index contributed by atoms with van der Waals surface area (Å²) in [7, 11) is 0. The summed E-state index contributed by atoms with van der Waals surface area (Å²) in [6, 6.07) is 10.7. The molecule has 0 bridgehead atoms. The second kappa shape index (κ2) is 9.82. The number of hydrogen-bond donors (Lipinski definition) is 2. The van der Waals surface area contributed by atoms with Crippen LogP contribution in [0, 0.1) is 11.8 Å². The molecule has 0 spiro atoms. The zero-order valence-electron chi connectivity index (χ0n) is 12.8. The molecule has 3 N–H and O–H groups in total. The Kier molecular flexibility index (Phi) is 8.47. The first-order valence-corrected chi connectivity index (χ1v) is 8.49. The van der Waals surface area contributed by atoms with Gasteiger partial charge in [0.15, 0.2) is 0 Å². The minimum absolute atomic E-state index is 0.804. The lowest BCUT2D eigenvalue weighted by Gasteiger charge is -2.27. The molecule has 0 radical (unpaired) electrons. The molecule has 3 nitrogen and oxygen atoms in total. The summed E-state index contributed by atoms with van der Waals surface area (Å²) in [5, 5.41) is 7.12. The van der Waals surface area contributed by atoms with Gasteiger partial charge in [-0.05, 0) is 56.2 Å². The van der Waals surface area contributed by atoms with Crippen LogP contribution >= 0.6 is 11.8 Å². The molecule has 1 fully saturated rings. The second-order valence-electron chi connectivity index (χ2n) is 5.55. The van der Waals surface area contributed by atoms with Crippen molar-refractivity contribution in [3.63, 3.8) is 0 Å². The van der Waals surface area contributed by atoms with Crippen molar-refractivity contribution >= 4 is 17.7 Å². The Bertz CT molecular complexity index is 460. The van der Waals surface area contributed by atoms with Gasteiger partial charge >= 0.3 is 12.1 Å². The summed E-state index contributed by atoms with van der Waals surface area (Å²) < 4.78 is 31.7. The van der Waals surface area contributed by atoms with Crippen LogP contribution in [0.3, 0.4) is 0 Å². The largest absolute Gasteiger partial charge is 0.490 e. The highest BCUT2D eigenvalue weighted by molar-refractivity contribution is 7.99. The summed E-state index contributed by atoms with van der Waals surface area (Å²) in [5.41, 5.74) is 5.71. The molecule has 0 amide bonds. The third-order valence-corrected chi connectivity index (χ3v) is 5.01. The number of carboxylic acids is 1. The third-order valence-electron chi connectivity index (χ3n) is 3.77. The van der Waals surface area contributed by atoms with Crippen molar-refractivity contribution in [1.29, 1.82) is 0 Å². The number of rotatable bonds is 4. The lowest BCUT2D eigenvalue weighted by Crippen LogP contribution is -2.22. The highest BCUT2D eigenvalue weighted by Crippen LogP contribution is 2.32. The van der Waals surface area contributed by atoms with E-state index in [1.165, 1.54) is 36.3 Å². The van der Waals surface area contributed by atoms with Crippen LogP contribution in [-0.4, -0.2) is 29.5 Å². The number of nitrogens with two attached hydrogens (primary N) is 1. The Balaban J connectivity index is 0.000000322. The summed E-state index contributed by atoms with van der Waals surface area (Å²) in [6.45, 7) is 0.887. The molecule has 23 heavy (non-hydrogen) atoms. The highest BCUT2D eigenvalue weighted by Gasteiger charge is 2.38. The molecule has 1 saturated carbocycles. The zero-order chi connectivity index (χ0) is 17.3. The zero-order valence-corrected chi connectivity index (χ0v) is 13.6. The van der Waals surface area contributed by atoms with E-state index >= 15 is 0 Å². The number of halogens is 3. The Morgan fingerprint density at radius 3 is 2.04 bits per heavy atom. The smallest absolute Gasteiger partial charge is 0.475 e. The standard InChI is InChI=1S/C14H21NS.C2HF3O2/c15-10-12-6-8-13(9-7-12)11-16-14-4-2-1-3-5-14;3-2(4,5)1(6)7/h1-5,12-13H,6-11,15H2;(H,6,7). The lowest BCUT2D eigenvalue weighted by atomic mass is 9.83. The number of alkyl halides is 3. The summed E-state index contributed by atoms with van der Waals surface area (Å²) in [4.78, 5) is 10.3. The van der Waals surface area contributed by atoms with Crippen molar-refractivity contribution in [2.45, 2.75) is 36.8 Å². The minimum Gasteiger partial charge on any atom is -0.475 e. The highest BCUT2D eigenvalue weighted by atomic mass is 32.2. The monoisotopic (exact) mass is 349 g/mol. The molecule has 0 aliphatic heterocycles. The van der Waals surface area contributed by atoms with Gasteiger partial charge in [0, 0.05) is 10.6 Å². The summed E-state index contributed by atoms with van der Waals surface area (Å²) in [5.74, 6) is 0.236. The molecule has 2 rings (SSSR count). The van der Waals surface area contributed by atoms with Gasteiger partial charge in [0.1, 0.15) is 0 Å². The van der Waals surface area contributed by atoms with Gasteiger partial charge in [-0.25, -0.2) is 4.79 Å². The quantitative estimate of drug-likeness (QED) is 0.801. The summed E-state index contributed by atoms with van der Waals surface area (Å²) in [6.07, 6.45) is 0.358. The van der Waals surface area contributed by atoms with Gasteiger partial charge in [-0.15, -0.1) is 11.8 Å². The third kappa shape index (κ3) is 8.27. The van der Waals surface area contributed by atoms with Gasteiger partial charge in [0.25, 0.3) is 0 Å². The van der Waals surface area contributed by atoms with Crippen LogP contribution in [-0.2, 0) is 4.79 Å². The number of carboxylic acid groups (broad SMARTS) is 1. The Morgan fingerprint density at radius 1 is 1.13 bits per heavy atom. The fourth-order valence-electron chi connectivity index (χ4n) is 2.36. The van der Waals surface area contributed by atoms with Gasteiger partial charge in [0.2, 0.25) is 0 Å². The first kappa shape index (κ1) is 19.8. The fourth-order valence-corrected chi connectivity index (χ4v) is 3.48. The average molecular weight is 349 g/mol. The van der Waals surface area contributed by atoms with Crippen molar-refractivity contribution in [2.24, 2.45) is 17.6 Å². The van der Waals surface area contributed by atoms with Crippen molar-refractivity contribution in [3.8, 4) is 0 Å². The first-order chi connectivity index (χ1) is 10.8. The van der Waals surface area contributed by atoms with E-state index in [1.807, 2.05) is 11.8 Å². The van der Waals surface area contributed by atoms with E-state index in [0.717, 1.165) is 18.4 Å². The van der Waals surface area contributed by atoms with E-state index in [9.17, 15) is 13.2 Å². The predicted molar refractivity (Wildman–Crippen MR) is 85.4 cm³/mol. The Labute approximate surface area is 138 Å². The van der Waals surface area contributed by atoms with Gasteiger partial charge in [-0.2, -0.15) is 13.2 Å². The maximum atomic E-state index is 10.6. The van der Waals surface area contributed by atoms with E-state index in [-0.39, 0.29) is 0 Å². The molecule has 1 aliphatic carbocycles. The van der Waals surface area contributed by atoms with E-state index in [1.54, 1.807) is 0 Å². The maximum Gasteiger partial charge on any atom is 0.490 e. The Morgan fingerprint density at radius 2 is 1.61 bits per heavy atom. The predicted octanol–water partition coefficient (Wildman–Crippen LogP) is 4.18. The second-order valence-corrected chi connectivity index (χ2v) is 6.64. The lowest BCUT2D eigenvalue weighted by molar-refractivity contribution is -0.192. The van der Waals surface area contributed by atoms with Gasteiger partial charge in [-0.3, -0.25) is 0 Å². The van der Waals surface area contributed by atoms with Gasteiger partial charge < -0.3 is 10.8 Å². The van der Waals surface area contributed by atoms with E-state index in [2.05, 4.69) is 30.3 Å². The summed E-state index contributed by atoms with van der Waals surface area (Å²) >= 11 is 2.00. The SMILES string of the molecule is NCC1CCC(CSc2ccccc2)CC1.O=C(O)C(F)(F)F. The van der Waals surface area contributed by atoms with E-state index in [4.69, 9.17) is 15.6 Å². The molecule has 1 aromatic rings. The van der Waals surface area contributed by atoms with E-state index < -0.39 is 12.1 Å². The molecule has 0 heterocycles. The molecule has 0 saturated heterocycles. The van der Waals surface area contributed by atoms with Crippen LogP contribution in [0.25, 0.3) is 0 Å². The van der Waals surface area contributed by atoms with Crippen LogP contribution in [0.1, 0.15) is 25.7 Å². The maximum absolute atomic E-state index is 10.6. The van der Waals surface area contributed by atoms with E-state index in [0.29, 0.717) is 0 Å². The van der Waals surface area contributed by atoms with Crippen LogP contribution in [0.4, 0.5) is 13.2 Å². The number of thioether (sulfide) groups is 1. The molecular weight excluding hydrogens is 327 g/mol. The number of hydrogen-bond acceptors (Lipinski definition) is 3. The number of carbonyl (C=O) groups is 1. The van der Waals surface area contributed by atoms with Crippen LogP contribution < -0.4 is 5.73 Å². The molecule has 0 atom stereocenters. The first-order valence-electron chi connectivity index (χ1n) is 7.51. The van der Waals surface area contributed by atoms with Crippen molar-refractivity contribution < 1.29 is 23.1 Å². The van der Waals surface area contributed by atoms with Crippen molar-refractivity contribution in [1.82, 2.24) is 0 Å². The minimum atomic E-state index is -5.08. The molecule has 1 aliphatic rings. The number of benzene rings is 1. The van der Waals surface area contributed by atoms with Crippen LogP contribution in [0.5, 0.6) is 0 Å². The van der Waals surface area contributed by atoms with Gasteiger partial charge in [0.05, 0.1) is 0 Å². The van der Waals surface area contributed by atoms with Gasteiger partial charge in [-0.1, -0.05) is 18.2 Å². The average Bonchev–Trinajstić information content (AvgIpc) is 2.54. The number of aliphatic carboxylic acids is 1. The normalized spacial score (nSPS) is 21.2. The van der Waals surface area contributed by atoms with Crippen LogP contribution in [0.2, 0.25) is 0 Å². The molecule has 130 valence electrons. The molecule has 0 unspecified atom stereocenters. The van der Waals surface area contributed by atoms with Crippen LogP contribution in [0.15, 0.2) is 35.2 Å².